The Morgan fingerprint density at radius 3 is 2.80 bits per heavy atom. The maximum absolute atomic E-state index is 11.6. The van der Waals surface area contributed by atoms with Gasteiger partial charge in [0.15, 0.2) is 9.84 Å². The molecule has 3 rings (SSSR count). The zero-order valence-electron chi connectivity index (χ0n) is 7.75. The first-order chi connectivity index (χ1) is 7.08. The van der Waals surface area contributed by atoms with E-state index in [9.17, 15) is 13.2 Å². The summed E-state index contributed by atoms with van der Waals surface area (Å²) in [5.41, 5.74) is 0.933. The minimum Gasteiger partial charge on any atom is -0.343 e. The van der Waals surface area contributed by atoms with Gasteiger partial charge in [0, 0.05) is 18.5 Å². The minimum absolute atomic E-state index is 0.146. The van der Waals surface area contributed by atoms with Gasteiger partial charge in [0.25, 0.3) is 5.56 Å². The predicted octanol–water partition coefficient (Wildman–Crippen LogP) is -0.299. The molecule has 0 saturated heterocycles. The molecule has 0 fully saturated rings. The molecule has 0 aromatic carbocycles. The summed E-state index contributed by atoms with van der Waals surface area (Å²) in [5.74, 6) is 0.739. The molecule has 0 radical (unpaired) electrons. The molecule has 2 aliphatic heterocycles. The fourth-order valence-electron chi connectivity index (χ4n) is 2.01. The Kier molecular flexibility index (Phi) is 1.49. The number of fused-ring (bicyclic) bond motifs is 1. The van der Waals surface area contributed by atoms with Crippen LogP contribution in [0.3, 0.4) is 0 Å². The van der Waals surface area contributed by atoms with E-state index in [-0.39, 0.29) is 17.7 Å². The first-order valence-electron chi connectivity index (χ1n) is 4.59. The van der Waals surface area contributed by atoms with Gasteiger partial charge in [-0.1, -0.05) is 0 Å². The first kappa shape index (κ1) is 8.78. The second kappa shape index (κ2) is 2.54. The number of H-pyrrole nitrogens is 2. The molecule has 0 spiro atoms. The van der Waals surface area contributed by atoms with E-state index >= 15 is 0 Å². The maximum atomic E-state index is 11.6. The number of sulfone groups is 1. The summed E-state index contributed by atoms with van der Waals surface area (Å²) in [6.07, 6.45) is 0.711. The van der Waals surface area contributed by atoms with Crippen LogP contribution < -0.4 is 10.9 Å². The summed E-state index contributed by atoms with van der Waals surface area (Å²) in [4.78, 5) is 11.7. The molecule has 1 aromatic heterocycles. The van der Waals surface area contributed by atoms with Crippen LogP contribution in [0.15, 0.2) is 15.4 Å². The molecule has 0 bridgehead atoms. The van der Waals surface area contributed by atoms with Crippen LogP contribution in [0.1, 0.15) is 12.0 Å². The van der Waals surface area contributed by atoms with Gasteiger partial charge in [0.1, 0.15) is 5.82 Å². The summed E-state index contributed by atoms with van der Waals surface area (Å²) in [5, 5.41) is 8.07. The van der Waals surface area contributed by atoms with E-state index in [2.05, 4.69) is 15.5 Å². The molecule has 1 aromatic rings. The fraction of sp³-hybridized carbons (Fsp3) is 0.375. The SMILES string of the molecule is O=c1[nH][nH]c2c1CC1=C(CCS1(=O)=O)N2. The average Bonchev–Trinajstić information content (AvgIpc) is 2.68. The lowest BCUT2D eigenvalue weighted by molar-refractivity contribution is 0.603. The molecule has 0 atom stereocenters. The third-order valence-corrected chi connectivity index (χ3v) is 4.71. The molecule has 15 heavy (non-hydrogen) atoms. The second-order valence-electron chi connectivity index (χ2n) is 3.71. The van der Waals surface area contributed by atoms with Crippen molar-refractivity contribution in [1.82, 2.24) is 10.2 Å². The predicted molar refractivity (Wildman–Crippen MR) is 54.2 cm³/mol. The van der Waals surface area contributed by atoms with Crippen molar-refractivity contribution >= 4 is 15.7 Å². The average molecular weight is 227 g/mol. The Labute approximate surface area is 85.3 Å². The highest BCUT2D eigenvalue weighted by Gasteiger charge is 2.34. The van der Waals surface area contributed by atoms with Crippen LogP contribution in [0, 0.1) is 0 Å². The molecule has 0 unspecified atom stereocenters. The van der Waals surface area contributed by atoms with Gasteiger partial charge in [-0.2, -0.15) is 0 Å². The zero-order chi connectivity index (χ0) is 10.6. The number of aromatic amines is 2. The van der Waals surface area contributed by atoms with Crippen LogP contribution in [-0.2, 0) is 16.3 Å². The molecule has 80 valence electrons. The number of hydrogen-bond acceptors (Lipinski definition) is 4. The van der Waals surface area contributed by atoms with Crippen LogP contribution in [0.2, 0.25) is 0 Å². The first-order valence-corrected chi connectivity index (χ1v) is 6.24. The van der Waals surface area contributed by atoms with Crippen molar-refractivity contribution in [3.05, 3.63) is 26.5 Å². The van der Waals surface area contributed by atoms with Gasteiger partial charge in [-0.3, -0.25) is 15.0 Å². The fourth-order valence-corrected chi connectivity index (χ4v) is 3.62. The Morgan fingerprint density at radius 1 is 1.20 bits per heavy atom. The zero-order valence-corrected chi connectivity index (χ0v) is 8.57. The van der Waals surface area contributed by atoms with Gasteiger partial charge in [-0.05, 0) is 0 Å². The van der Waals surface area contributed by atoms with Gasteiger partial charge >= 0.3 is 0 Å². The van der Waals surface area contributed by atoms with Crippen LogP contribution in [0.5, 0.6) is 0 Å². The highest BCUT2D eigenvalue weighted by Crippen LogP contribution is 2.33. The van der Waals surface area contributed by atoms with E-state index in [1.807, 2.05) is 0 Å². The number of rotatable bonds is 0. The van der Waals surface area contributed by atoms with E-state index in [1.54, 1.807) is 0 Å². The Bertz CT molecular complexity index is 620. The van der Waals surface area contributed by atoms with Crippen molar-refractivity contribution in [1.29, 1.82) is 0 Å². The van der Waals surface area contributed by atoms with Gasteiger partial charge in [0.2, 0.25) is 0 Å². The van der Waals surface area contributed by atoms with Crippen LogP contribution in [0.25, 0.3) is 0 Å². The third-order valence-electron chi connectivity index (χ3n) is 2.82. The van der Waals surface area contributed by atoms with Crippen molar-refractivity contribution in [3.63, 3.8) is 0 Å². The molecule has 6 nitrogen and oxygen atoms in total. The summed E-state index contributed by atoms with van der Waals surface area (Å²) in [6, 6.07) is 0. The highest BCUT2D eigenvalue weighted by molar-refractivity contribution is 7.95. The topological polar surface area (TPSA) is 94.8 Å². The third kappa shape index (κ3) is 1.09. The molecule has 0 saturated carbocycles. The molecule has 7 heteroatoms. The lowest BCUT2D eigenvalue weighted by Crippen LogP contribution is -2.17. The molecule has 0 aliphatic carbocycles. The normalized spacial score (nSPS) is 22.1. The number of hydrogen-bond donors (Lipinski definition) is 3. The van der Waals surface area contributed by atoms with Crippen molar-refractivity contribution in [3.8, 4) is 0 Å². The number of anilines is 1. The standard InChI is InChI=1S/C8H9N3O3S/c12-8-4-3-6-5(1-2-15(6,13)14)9-7(4)10-11-8/h1-3H2,(H3,9,10,11,12). The maximum Gasteiger partial charge on any atom is 0.269 e. The summed E-state index contributed by atoms with van der Waals surface area (Å²) in [7, 11) is -3.13. The van der Waals surface area contributed by atoms with E-state index < -0.39 is 9.84 Å². The Morgan fingerprint density at radius 2 is 2.00 bits per heavy atom. The van der Waals surface area contributed by atoms with Crippen molar-refractivity contribution in [2.75, 3.05) is 11.1 Å². The largest absolute Gasteiger partial charge is 0.343 e. The van der Waals surface area contributed by atoms with Gasteiger partial charge in [0.05, 0.1) is 16.2 Å². The number of nitrogens with one attached hydrogen (secondary N) is 3. The van der Waals surface area contributed by atoms with Crippen molar-refractivity contribution in [2.45, 2.75) is 12.8 Å². The highest BCUT2D eigenvalue weighted by atomic mass is 32.2. The van der Waals surface area contributed by atoms with E-state index in [1.165, 1.54) is 0 Å². The van der Waals surface area contributed by atoms with Gasteiger partial charge < -0.3 is 5.32 Å². The molecule has 2 aliphatic rings. The molecule has 3 N–H and O–H groups in total. The summed E-state index contributed by atoms with van der Waals surface area (Å²) >= 11 is 0. The minimum atomic E-state index is -3.13. The van der Waals surface area contributed by atoms with Crippen molar-refractivity contribution in [2.24, 2.45) is 0 Å². The van der Waals surface area contributed by atoms with Gasteiger partial charge in [-0.15, -0.1) is 0 Å². The monoisotopic (exact) mass is 227 g/mol. The molecule has 0 amide bonds. The van der Waals surface area contributed by atoms with E-state index in [0.717, 1.165) is 5.70 Å². The second-order valence-corrected chi connectivity index (χ2v) is 5.84. The Balaban J connectivity index is 2.17. The lowest BCUT2D eigenvalue weighted by Gasteiger charge is -2.14. The Hall–Kier alpha value is -1.50. The smallest absolute Gasteiger partial charge is 0.269 e. The molecular formula is C8H9N3O3S. The van der Waals surface area contributed by atoms with E-state index in [4.69, 9.17) is 0 Å². The number of aromatic nitrogens is 2. The summed E-state index contributed by atoms with van der Waals surface area (Å²) in [6.45, 7) is 0. The molecular weight excluding hydrogens is 218 g/mol. The quantitative estimate of drug-likeness (QED) is 0.567. The van der Waals surface area contributed by atoms with Crippen LogP contribution in [-0.4, -0.2) is 24.4 Å². The number of allylic oxidation sites excluding steroid dienone is 2. The lowest BCUT2D eigenvalue weighted by atomic mass is 10.1. The van der Waals surface area contributed by atoms with Crippen LogP contribution >= 0.6 is 0 Å². The molecule has 3 heterocycles. The van der Waals surface area contributed by atoms with Crippen molar-refractivity contribution < 1.29 is 8.42 Å². The van der Waals surface area contributed by atoms with Gasteiger partial charge in [-0.25, -0.2) is 8.42 Å². The van der Waals surface area contributed by atoms with Crippen LogP contribution in [0.4, 0.5) is 5.82 Å². The van der Waals surface area contributed by atoms with E-state index in [0.29, 0.717) is 22.7 Å². The summed E-state index contributed by atoms with van der Waals surface area (Å²) < 4.78 is 23.2.